The first-order valence-corrected chi connectivity index (χ1v) is 9.63. The fourth-order valence-corrected chi connectivity index (χ4v) is 5.57. The second-order valence-electron chi connectivity index (χ2n) is 6.17. The molecule has 114 valence electrons. The van der Waals surface area contributed by atoms with Crippen molar-refractivity contribution in [1.82, 2.24) is 4.90 Å². The topological polar surface area (TPSA) is 20.3 Å². The summed E-state index contributed by atoms with van der Waals surface area (Å²) in [6.45, 7) is 3.02. The van der Waals surface area contributed by atoms with E-state index in [4.69, 9.17) is 0 Å². The second-order valence-corrected chi connectivity index (χ2v) is 8.19. The highest BCUT2D eigenvalue weighted by molar-refractivity contribution is 8.01. The number of fused-ring (bicyclic) bond motifs is 1. The molecule has 2 atom stereocenters. The van der Waals surface area contributed by atoms with Gasteiger partial charge in [0.15, 0.2) is 0 Å². The van der Waals surface area contributed by atoms with Gasteiger partial charge < -0.3 is 4.90 Å². The predicted octanol–water partition coefficient (Wildman–Crippen LogP) is 4.44. The number of thioether (sulfide) groups is 1. The predicted molar refractivity (Wildman–Crippen MR) is 92.5 cm³/mol. The molecular formula is C18H19NOS2. The second kappa shape index (κ2) is 5.74. The van der Waals surface area contributed by atoms with Crippen LogP contribution in [0.25, 0.3) is 0 Å². The van der Waals surface area contributed by atoms with Gasteiger partial charge in [-0.1, -0.05) is 17.7 Å². The number of rotatable bonds is 2. The summed E-state index contributed by atoms with van der Waals surface area (Å²) in [6.07, 6.45) is 3.10. The largest absolute Gasteiger partial charge is 0.335 e. The van der Waals surface area contributed by atoms with Gasteiger partial charge in [0.1, 0.15) is 0 Å². The lowest BCUT2D eigenvalue weighted by Crippen LogP contribution is -2.37. The van der Waals surface area contributed by atoms with Crippen LogP contribution >= 0.6 is 23.1 Å². The summed E-state index contributed by atoms with van der Waals surface area (Å²) in [5.41, 5.74) is 3.92. The highest BCUT2D eigenvalue weighted by Gasteiger charge is 2.37. The normalized spacial score (nSPS) is 23.8. The molecule has 2 aliphatic heterocycles. The first-order valence-electron chi connectivity index (χ1n) is 7.81. The lowest BCUT2D eigenvalue weighted by molar-refractivity contribution is -0.131. The van der Waals surface area contributed by atoms with Crippen LogP contribution < -0.4 is 0 Å². The van der Waals surface area contributed by atoms with Gasteiger partial charge in [-0.2, -0.15) is 11.3 Å². The fourth-order valence-electron chi connectivity index (χ4n) is 3.50. The number of likely N-dealkylation sites (tertiary alicyclic amines) is 1. The molecule has 0 aliphatic carbocycles. The van der Waals surface area contributed by atoms with Crippen molar-refractivity contribution in [3.05, 3.63) is 51.7 Å². The molecule has 2 nitrogen and oxygen atoms in total. The average Bonchev–Trinajstić information content (AvgIpc) is 3.24. The third-order valence-electron chi connectivity index (χ3n) is 4.64. The van der Waals surface area contributed by atoms with E-state index in [-0.39, 0.29) is 5.25 Å². The molecule has 0 radical (unpaired) electrons. The molecular weight excluding hydrogens is 310 g/mol. The zero-order chi connectivity index (χ0) is 15.1. The van der Waals surface area contributed by atoms with Gasteiger partial charge in [-0.3, -0.25) is 4.79 Å². The number of hydrogen-bond acceptors (Lipinski definition) is 3. The summed E-state index contributed by atoms with van der Waals surface area (Å²) < 4.78 is 0. The van der Waals surface area contributed by atoms with Crippen LogP contribution in [0.5, 0.6) is 0 Å². The van der Waals surface area contributed by atoms with Crippen LogP contribution in [0.2, 0.25) is 0 Å². The summed E-state index contributed by atoms with van der Waals surface area (Å²) in [4.78, 5) is 16.4. The Bertz CT molecular complexity index is 695. The molecule has 0 spiro atoms. The van der Waals surface area contributed by atoms with Crippen molar-refractivity contribution in [3.8, 4) is 0 Å². The molecule has 2 aromatic rings. The van der Waals surface area contributed by atoms with Crippen LogP contribution in [0.15, 0.2) is 39.9 Å². The molecule has 1 aromatic heterocycles. The SMILES string of the molecule is Cc1ccc2c(c1)S[C@@H](C(=O)N1CCC[C@@H]1c1ccsc1)C2. The molecule has 0 saturated carbocycles. The Hall–Kier alpha value is -1.26. The lowest BCUT2D eigenvalue weighted by atomic mass is 10.1. The van der Waals surface area contributed by atoms with E-state index >= 15 is 0 Å². The van der Waals surface area contributed by atoms with E-state index < -0.39 is 0 Å². The van der Waals surface area contributed by atoms with Crippen LogP contribution in [0.3, 0.4) is 0 Å². The quantitative estimate of drug-likeness (QED) is 0.812. The van der Waals surface area contributed by atoms with Crippen molar-refractivity contribution in [2.75, 3.05) is 6.54 Å². The Labute approximate surface area is 139 Å². The summed E-state index contributed by atoms with van der Waals surface area (Å²) in [5, 5.41) is 4.37. The average molecular weight is 329 g/mol. The first-order chi connectivity index (χ1) is 10.7. The minimum Gasteiger partial charge on any atom is -0.335 e. The molecule has 3 heterocycles. The van der Waals surface area contributed by atoms with Crippen LogP contribution in [0.4, 0.5) is 0 Å². The molecule has 0 unspecified atom stereocenters. The number of carbonyl (C=O) groups excluding carboxylic acids is 1. The molecule has 1 saturated heterocycles. The summed E-state index contributed by atoms with van der Waals surface area (Å²) in [6, 6.07) is 9.01. The van der Waals surface area contributed by atoms with Crippen LogP contribution in [-0.4, -0.2) is 22.6 Å². The summed E-state index contributed by atoms with van der Waals surface area (Å²) >= 11 is 3.48. The molecule has 1 aromatic carbocycles. The third kappa shape index (κ3) is 2.48. The Morgan fingerprint density at radius 3 is 3.05 bits per heavy atom. The number of thiophene rings is 1. The zero-order valence-corrected chi connectivity index (χ0v) is 14.3. The van der Waals surface area contributed by atoms with Crippen molar-refractivity contribution < 1.29 is 4.79 Å². The van der Waals surface area contributed by atoms with E-state index in [1.54, 1.807) is 23.1 Å². The Morgan fingerprint density at radius 1 is 1.32 bits per heavy atom. The number of carbonyl (C=O) groups is 1. The molecule has 1 fully saturated rings. The van der Waals surface area contributed by atoms with E-state index in [9.17, 15) is 4.79 Å². The smallest absolute Gasteiger partial charge is 0.236 e. The van der Waals surface area contributed by atoms with Crippen molar-refractivity contribution in [2.45, 2.75) is 42.4 Å². The minimum absolute atomic E-state index is 0.0658. The van der Waals surface area contributed by atoms with Gasteiger partial charge in [-0.25, -0.2) is 0 Å². The van der Waals surface area contributed by atoms with Crippen molar-refractivity contribution in [2.24, 2.45) is 0 Å². The highest BCUT2D eigenvalue weighted by atomic mass is 32.2. The van der Waals surface area contributed by atoms with E-state index in [1.165, 1.54) is 21.6 Å². The van der Waals surface area contributed by atoms with Gasteiger partial charge in [0.05, 0.1) is 11.3 Å². The van der Waals surface area contributed by atoms with Crippen LogP contribution in [0, 0.1) is 6.92 Å². The molecule has 4 rings (SSSR count). The molecule has 2 aliphatic rings. The van der Waals surface area contributed by atoms with Crippen molar-refractivity contribution in [3.63, 3.8) is 0 Å². The maximum absolute atomic E-state index is 13.0. The zero-order valence-electron chi connectivity index (χ0n) is 12.6. The standard InChI is InChI=1S/C18H19NOS2/c1-12-4-5-13-10-17(22-16(13)9-12)18(20)19-7-2-3-15(19)14-6-8-21-11-14/h4-6,8-9,11,15,17H,2-3,7,10H2,1H3/t15-,17-/m1/s1. The van der Waals surface area contributed by atoms with Gasteiger partial charge in [0.25, 0.3) is 0 Å². The van der Waals surface area contributed by atoms with Crippen LogP contribution in [0.1, 0.15) is 35.6 Å². The van der Waals surface area contributed by atoms with E-state index in [0.717, 1.165) is 25.8 Å². The molecule has 22 heavy (non-hydrogen) atoms. The van der Waals surface area contributed by atoms with E-state index in [1.807, 2.05) is 0 Å². The van der Waals surface area contributed by atoms with Gasteiger partial charge in [-0.15, -0.1) is 11.8 Å². The van der Waals surface area contributed by atoms with Gasteiger partial charge in [-0.05, 0) is 60.2 Å². The van der Waals surface area contributed by atoms with Gasteiger partial charge >= 0.3 is 0 Å². The number of amides is 1. The molecule has 4 heteroatoms. The maximum atomic E-state index is 13.0. The molecule has 0 N–H and O–H groups in total. The number of aryl methyl sites for hydroxylation is 1. The monoisotopic (exact) mass is 329 g/mol. The highest BCUT2D eigenvalue weighted by Crippen LogP contribution is 2.41. The van der Waals surface area contributed by atoms with E-state index in [0.29, 0.717) is 11.9 Å². The third-order valence-corrected chi connectivity index (χ3v) is 6.62. The van der Waals surface area contributed by atoms with Gasteiger partial charge in [0.2, 0.25) is 5.91 Å². The summed E-state index contributed by atoms with van der Waals surface area (Å²) in [5.74, 6) is 0.326. The van der Waals surface area contributed by atoms with Gasteiger partial charge in [0, 0.05) is 11.4 Å². The van der Waals surface area contributed by atoms with Crippen molar-refractivity contribution >= 4 is 29.0 Å². The van der Waals surface area contributed by atoms with E-state index in [2.05, 4.69) is 46.8 Å². The Balaban J connectivity index is 1.53. The summed E-state index contributed by atoms with van der Waals surface area (Å²) in [7, 11) is 0. The van der Waals surface area contributed by atoms with Crippen LogP contribution in [-0.2, 0) is 11.2 Å². The maximum Gasteiger partial charge on any atom is 0.236 e. The first kappa shape index (κ1) is 14.3. The Morgan fingerprint density at radius 2 is 2.23 bits per heavy atom. The number of benzene rings is 1. The van der Waals surface area contributed by atoms with Crippen molar-refractivity contribution in [1.29, 1.82) is 0 Å². The Kier molecular flexibility index (Phi) is 3.74. The fraction of sp³-hybridized carbons (Fsp3) is 0.389. The number of nitrogens with zero attached hydrogens (tertiary/aromatic N) is 1. The molecule has 1 amide bonds. The number of hydrogen-bond donors (Lipinski definition) is 0. The molecule has 0 bridgehead atoms. The lowest BCUT2D eigenvalue weighted by Gasteiger charge is -2.26. The minimum atomic E-state index is 0.0658.